The van der Waals surface area contributed by atoms with Crippen molar-refractivity contribution in [3.05, 3.63) is 29.3 Å². The van der Waals surface area contributed by atoms with E-state index in [4.69, 9.17) is 11.6 Å². The van der Waals surface area contributed by atoms with Gasteiger partial charge in [-0.05, 0) is 37.1 Å². The molecule has 1 aromatic carbocycles. The van der Waals surface area contributed by atoms with Crippen molar-refractivity contribution >= 4 is 35.0 Å². The second kappa shape index (κ2) is 7.60. The first-order valence-electron chi connectivity index (χ1n) is 7.81. The maximum atomic E-state index is 12.4. The fourth-order valence-electron chi connectivity index (χ4n) is 2.63. The van der Waals surface area contributed by atoms with Gasteiger partial charge in [-0.15, -0.1) is 0 Å². The molecule has 0 saturated carbocycles. The van der Waals surface area contributed by atoms with Gasteiger partial charge in [0.15, 0.2) is 0 Å². The third-order valence-electron chi connectivity index (χ3n) is 3.65. The highest BCUT2D eigenvalue weighted by Gasteiger charge is 2.30. The van der Waals surface area contributed by atoms with E-state index in [2.05, 4.69) is 31.0 Å². The van der Waals surface area contributed by atoms with E-state index in [0.29, 0.717) is 0 Å². The maximum Gasteiger partial charge on any atom is 0.242 e. The second-order valence-corrected chi connectivity index (χ2v) is 8.94. The fraction of sp³-hybridized carbons (Fsp3) is 0.588. The number of rotatable bonds is 5. The van der Waals surface area contributed by atoms with Crippen molar-refractivity contribution < 1.29 is 4.79 Å². The van der Waals surface area contributed by atoms with Crippen LogP contribution in [0.4, 0.5) is 5.69 Å². The van der Waals surface area contributed by atoms with Gasteiger partial charge in [0.25, 0.3) is 0 Å². The molecule has 1 unspecified atom stereocenters. The van der Waals surface area contributed by atoms with Crippen LogP contribution in [0.1, 0.15) is 33.6 Å². The van der Waals surface area contributed by atoms with Crippen molar-refractivity contribution in [3.8, 4) is 0 Å². The SMILES string of the molecule is CC(C)(C)SCCNC(=O)C1CCCN1c1ccc(Cl)cc1. The highest BCUT2D eigenvalue weighted by Crippen LogP contribution is 2.27. The number of halogens is 1. The number of nitrogens with one attached hydrogen (secondary N) is 1. The minimum atomic E-state index is -0.0548. The molecule has 0 radical (unpaired) electrons. The van der Waals surface area contributed by atoms with Crippen molar-refractivity contribution in [3.63, 3.8) is 0 Å². The Morgan fingerprint density at radius 1 is 1.36 bits per heavy atom. The molecule has 0 spiro atoms. The minimum absolute atomic E-state index is 0.0548. The molecule has 2 rings (SSSR count). The van der Waals surface area contributed by atoms with Crippen molar-refractivity contribution in [1.29, 1.82) is 0 Å². The zero-order chi connectivity index (χ0) is 16.2. The summed E-state index contributed by atoms with van der Waals surface area (Å²) in [5.74, 6) is 1.09. The number of nitrogens with zero attached hydrogens (tertiary/aromatic N) is 1. The highest BCUT2D eigenvalue weighted by atomic mass is 35.5. The van der Waals surface area contributed by atoms with Crippen LogP contribution in [0, 0.1) is 0 Å². The summed E-state index contributed by atoms with van der Waals surface area (Å²) in [4.78, 5) is 14.6. The minimum Gasteiger partial charge on any atom is -0.360 e. The van der Waals surface area contributed by atoms with Gasteiger partial charge < -0.3 is 10.2 Å². The Morgan fingerprint density at radius 2 is 2.05 bits per heavy atom. The first kappa shape index (κ1) is 17.5. The normalized spacial score (nSPS) is 18.5. The second-order valence-electron chi connectivity index (χ2n) is 6.58. The quantitative estimate of drug-likeness (QED) is 0.823. The Labute approximate surface area is 142 Å². The molecule has 1 amide bonds. The molecule has 1 aromatic rings. The molecule has 0 aromatic heterocycles. The molecule has 122 valence electrons. The molecule has 22 heavy (non-hydrogen) atoms. The van der Waals surface area contributed by atoms with Gasteiger partial charge in [-0.1, -0.05) is 32.4 Å². The number of amides is 1. The molecular formula is C17H25ClN2OS. The van der Waals surface area contributed by atoms with Crippen LogP contribution in [0.15, 0.2) is 24.3 Å². The maximum absolute atomic E-state index is 12.4. The molecule has 1 atom stereocenters. The smallest absolute Gasteiger partial charge is 0.242 e. The van der Waals surface area contributed by atoms with Crippen LogP contribution in [0.2, 0.25) is 5.02 Å². The van der Waals surface area contributed by atoms with Crippen molar-refractivity contribution in [2.45, 2.75) is 44.4 Å². The molecule has 1 heterocycles. The number of thioether (sulfide) groups is 1. The number of carbonyl (C=O) groups is 1. The van der Waals surface area contributed by atoms with Crippen LogP contribution in [-0.2, 0) is 4.79 Å². The van der Waals surface area contributed by atoms with Crippen LogP contribution in [0.3, 0.4) is 0 Å². The fourth-order valence-corrected chi connectivity index (χ4v) is 3.57. The molecular weight excluding hydrogens is 316 g/mol. The molecule has 1 aliphatic rings. The van der Waals surface area contributed by atoms with Gasteiger partial charge in [0.1, 0.15) is 6.04 Å². The lowest BCUT2D eigenvalue weighted by Gasteiger charge is -2.26. The summed E-state index contributed by atoms with van der Waals surface area (Å²) in [5.41, 5.74) is 1.08. The molecule has 1 fully saturated rings. The van der Waals surface area contributed by atoms with Gasteiger partial charge in [-0.2, -0.15) is 11.8 Å². The van der Waals surface area contributed by atoms with Crippen LogP contribution < -0.4 is 10.2 Å². The van der Waals surface area contributed by atoms with Gasteiger partial charge >= 0.3 is 0 Å². The lowest BCUT2D eigenvalue weighted by molar-refractivity contribution is -0.122. The predicted octanol–water partition coefficient (Wildman–Crippen LogP) is 3.96. The van der Waals surface area contributed by atoms with E-state index >= 15 is 0 Å². The summed E-state index contributed by atoms with van der Waals surface area (Å²) in [6.07, 6.45) is 1.97. The number of anilines is 1. The van der Waals surface area contributed by atoms with E-state index in [1.165, 1.54) is 0 Å². The molecule has 1 aliphatic heterocycles. The van der Waals surface area contributed by atoms with E-state index < -0.39 is 0 Å². The van der Waals surface area contributed by atoms with Crippen molar-refractivity contribution in [2.24, 2.45) is 0 Å². The van der Waals surface area contributed by atoms with Crippen LogP contribution >= 0.6 is 23.4 Å². The Kier molecular flexibility index (Phi) is 6.04. The average Bonchev–Trinajstić information content (AvgIpc) is 2.92. The summed E-state index contributed by atoms with van der Waals surface area (Å²) in [7, 11) is 0. The standard InChI is InChI=1S/C17H25ClN2OS/c1-17(2,3)22-12-10-19-16(21)15-5-4-11-20(15)14-8-6-13(18)7-9-14/h6-9,15H,4-5,10-12H2,1-3H3,(H,19,21). The summed E-state index contributed by atoms with van der Waals surface area (Å²) in [5, 5.41) is 3.81. The first-order valence-corrected chi connectivity index (χ1v) is 9.17. The Bertz CT molecular complexity index is 498. The van der Waals surface area contributed by atoms with Crippen LogP contribution in [0.25, 0.3) is 0 Å². The van der Waals surface area contributed by atoms with E-state index in [-0.39, 0.29) is 16.7 Å². The lowest BCUT2D eigenvalue weighted by atomic mass is 10.2. The van der Waals surface area contributed by atoms with E-state index in [1.807, 2.05) is 36.0 Å². The van der Waals surface area contributed by atoms with Gasteiger partial charge in [0, 0.05) is 34.3 Å². The molecule has 0 bridgehead atoms. The Balaban J connectivity index is 1.87. The Hall–Kier alpha value is -0.870. The molecule has 0 aliphatic carbocycles. The molecule has 1 saturated heterocycles. The summed E-state index contributed by atoms with van der Waals surface area (Å²) >= 11 is 7.81. The summed E-state index contributed by atoms with van der Waals surface area (Å²) < 4.78 is 0.243. The zero-order valence-electron chi connectivity index (χ0n) is 13.6. The van der Waals surface area contributed by atoms with Gasteiger partial charge in [-0.3, -0.25) is 4.79 Å². The van der Waals surface area contributed by atoms with Gasteiger partial charge in [0.05, 0.1) is 0 Å². The molecule has 1 N–H and O–H groups in total. The first-order chi connectivity index (χ1) is 10.4. The lowest BCUT2D eigenvalue weighted by Crippen LogP contribution is -2.44. The van der Waals surface area contributed by atoms with Crippen LogP contribution in [-0.4, -0.2) is 35.5 Å². The molecule has 5 heteroatoms. The number of benzene rings is 1. The zero-order valence-corrected chi connectivity index (χ0v) is 15.1. The largest absolute Gasteiger partial charge is 0.360 e. The predicted molar refractivity (Wildman–Crippen MR) is 97.0 cm³/mol. The third-order valence-corrected chi connectivity index (χ3v) is 5.18. The summed E-state index contributed by atoms with van der Waals surface area (Å²) in [6.45, 7) is 8.23. The third kappa shape index (κ3) is 5.10. The topological polar surface area (TPSA) is 32.3 Å². The van der Waals surface area contributed by atoms with Gasteiger partial charge in [0.2, 0.25) is 5.91 Å². The average molecular weight is 341 g/mol. The number of hydrogen-bond acceptors (Lipinski definition) is 3. The van der Waals surface area contributed by atoms with Gasteiger partial charge in [-0.25, -0.2) is 0 Å². The highest BCUT2D eigenvalue weighted by molar-refractivity contribution is 8.00. The molecule has 3 nitrogen and oxygen atoms in total. The van der Waals surface area contributed by atoms with E-state index in [1.54, 1.807) is 0 Å². The number of carbonyl (C=O) groups excluding carboxylic acids is 1. The van der Waals surface area contributed by atoms with Crippen molar-refractivity contribution in [1.82, 2.24) is 5.32 Å². The van der Waals surface area contributed by atoms with E-state index in [0.717, 1.165) is 42.4 Å². The summed E-state index contributed by atoms with van der Waals surface area (Å²) in [6, 6.07) is 7.68. The Morgan fingerprint density at radius 3 is 2.68 bits per heavy atom. The number of hydrogen-bond donors (Lipinski definition) is 1. The van der Waals surface area contributed by atoms with Crippen LogP contribution in [0.5, 0.6) is 0 Å². The monoisotopic (exact) mass is 340 g/mol. The van der Waals surface area contributed by atoms with Crippen molar-refractivity contribution in [2.75, 3.05) is 23.7 Å². The van der Waals surface area contributed by atoms with E-state index in [9.17, 15) is 4.79 Å².